The molecule has 0 spiro atoms. The van der Waals surface area contributed by atoms with Gasteiger partial charge in [-0.15, -0.1) is 0 Å². The first-order valence-electron chi connectivity index (χ1n) is 23.7. The summed E-state index contributed by atoms with van der Waals surface area (Å²) in [4.78, 5) is 23.1. The van der Waals surface area contributed by atoms with Crippen molar-refractivity contribution in [3.05, 3.63) is 60.8 Å². The van der Waals surface area contributed by atoms with Crippen LogP contribution >= 0.6 is 7.82 Å². The molecule has 0 heterocycles. The minimum Gasteiger partial charge on any atom is -0.391 e. The lowest BCUT2D eigenvalue weighted by Crippen LogP contribution is -2.46. The molecule has 0 aromatic heterocycles. The number of carbonyl (C=O) groups excluding carboxylic acids is 1. The molecule has 3 atom stereocenters. The Labute approximate surface area is 358 Å². The Bertz CT molecular complexity index is 1130. The molecule has 0 aromatic rings. The number of nitrogens with zero attached hydrogens (tertiary/aromatic N) is 1. The Morgan fingerprint density at radius 3 is 1.52 bits per heavy atom. The highest BCUT2D eigenvalue weighted by molar-refractivity contribution is 7.47. The van der Waals surface area contributed by atoms with Crippen LogP contribution in [0.15, 0.2) is 60.8 Å². The van der Waals surface area contributed by atoms with Gasteiger partial charge in [-0.3, -0.25) is 13.8 Å². The van der Waals surface area contributed by atoms with Crippen molar-refractivity contribution in [2.45, 2.75) is 206 Å². The van der Waals surface area contributed by atoms with E-state index in [0.29, 0.717) is 23.9 Å². The lowest BCUT2D eigenvalue weighted by atomic mass is 10.0. The number of amides is 1. The fourth-order valence-corrected chi connectivity index (χ4v) is 7.28. The summed E-state index contributed by atoms with van der Waals surface area (Å²) >= 11 is 0. The summed E-state index contributed by atoms with van der Waals surface area (Å²) in [5.41, 5.74) is 0. The zero-order chi connectivity index (χ0) is 42.8. The zero-order valence-electron chi connectivity index (χ0n) is 38.3. The predicted octanol–water partition coefficient (Wildman–Crippen LogP) is 13.4. The van der Waals surface area contributed by atoms with Crippen molar-refractivity contribution in [1.29, 1.82) is 0 Å². The number of carbonyl (C=O) groups is 1. The summed E-state index contributed by atoms with van der Waals surface area (Å²) in [7, 11) is 1.61. The smallest absolute Gasteiger partial charge is 0.391 e. The number of aliphatic hydroxyl groups excluding tert-OH is 1. The van der Waals surface area contributed by atoms with Crippen molar-refractivity contribution < 1.29 is 32.9 Å². The van der Waals surface area contributed by atoms with E-state index in [1.165, 1.54) is 96.3 Å². The van der Waals surface area contributed by atoms with Gasteiger partial charge in [0.2, 0.25) is 5.91 Å². The highest BCUT2D eigenvalue weighted by atomic mass is 31.2. The molecule has 0 saturated heterocycles. The number of unbranched alkanes of at least 4 members (excludes halogenated alkanes) is 19. The van der Waals surface area contributed by atoms with E-state index in [2.05, 4.69) is 79.9 Å². The summed E-state index contributed by atoms with van der Waals surface area (Å²) in [6, 6.07) is -0.760. The van der Waals surface area contributed by atoms with Crippen molar-refractivity contribution >= 4 is 13.7 Å². The van der Waals surface area contributed by atoms with E-state index in [1.54, 1.807) is 0 Å². The van der Waals surface area contributed by atoms with Crippen LogP contribution in [0.5, 0.6) is 0 Å². The van der Waals surface area contributed by atoms with Gasteiger partial charge in [-0.25, -0.2) is 4.57 Å². The van der Waals surface area contributed by atoms with Crippen LogP contribution in [0, 0.1) is 0 Å². The van der Waals surface area contributed by atoms with Gasteiger partial charge in [0.25, 0.3) is 0 Å². The highest BCUT2D eigenvalue weighted by Gasteiger charge is 2.28. The molecule has 58 heavy (non-hydrogen) atoms. The molecule has 3 unspecified atom stereocenters. The third kappa shape index (κ3) is 42.3. The van der Waals surface area contributed by atoms with E-state index in [9.17, 15) is 19.4 Å². The molecule has 9 heteroatoms. The largest absolute Gasteiger partial charge is 0.472 e. The number of quaternary nitrogens is 1. The third-order valence-electron chi connectivity index (χ3n) is 10.3. The van der Waals surface area contributed by atoms with E-state index in [1.807, 2.05) is 21.1 Å². The molecule has 338 valence electrons. The lowest BCUT2D eigenvalue weighted by molar-refractivity contribution is -0.870. The predicted molar refractivity (Wildman–Crippen MR) is 249 cm³/mol. The number of nitrogens with one attached hydrogen (secondary N) is 1. The zero-order valence-corrected chi connectivity index (χ0v) is 39.2. The van der Waals surface area contributed by atoms with Crippen molar-refractivity contribution in [2.24, 2.45) is 0 Å². The second kappa shape index (κ2) is 40.6. The van der Waals surface area contributed by atoms with E-state index in [4.69, 9.17) is 9.05 Å². The van der Waals surface area contributed by atoms with Gasteiger partial charge in [0, 0.05) is 6.42 Å². The number of hydrogen-bond acceptors (Lipinski definition) is 5. The Balaban J connectivity index is 4.02. The first-order chi connectivity index (χ1) is 28.0. The molecule has 0 aliphatic rings. The number of rotatable bonds is 42. The minimum atomic E-state index is -4.31. The van der Waals surface area contributed by atoms with Crippen LogP contribution < -0.4 is 5.32 Å². The van der Waals surface area contributed by atoms with Crippen LogP contribution in [0.25, 0.3) is 0 Å². The summed E-state index contributed by atoms with van der Waals surface area (Å²) in [5, 5.41) is 13.8. The maximum absolute atomic E-state index is 12.8. The molecule has 0 fully saturated rings. The summed E-state index contributed by atoms with van der Waals surface area (Å²) in [6.07, 6.45) is 52.8. The van der Waals surface area contributed by atoms with Gasteiger partial charge in [-0.1, -0.05) is 190 Å². The number of aliphatic hydroxyl groups is 1. The molecule has 0 aliphatic carbocycles. The molecule has 1 amide bonds. The first kappa shape index (κ1) is 56.2. The molecule has 3 N–H and O–H groups in total. The fraction of sp³-hybridized carbons (Fsp3) is 0.776. The van der Waals surface area contributed by atoms with Crippen molar-refractivity contribution in [1.82, 2.24) is 5.32 Å². The Morgan fingerprint density at radius 2 is 1.03 bits per heavy atom. The van der Waals surface area contributed by atoms with Gasteiger partial charge >= 0.3 is 7.82 Å². The topological polar surface area (TPSA) is 105 Å². The average molecular weight is 836 g/mol. The van der Waals surface area contributed by atoms with Crippen molar-refractivity contribution in [3.63, 3.8) is 0 Å². The molecule has 0 radical (unpaired) electrons. The maximum Gasteiger partial charge on any atom is 0.472 e. The van der Waals surface area contributed by atoms with Crippen LogP contribution in [0.4, 0.5) is 0 Å². The van der Waals surface area contributed by atoms with Crippen molar-refractivity contribution in [2.75, 3.05) is 40.9 Å². The van der Waals surface area contributed by atoms with Crippen LogP contribution in [-0.4, -0.2) is 73.4 Å². The van der Waals surface area contributed by atoms with E-state index in [-0.39, 0.29) is 19.1 Å². The third-order valence-corrected chi connectivity index (χ3v) is 11.3. The van der Waals surface area contributed by atoms with E-state index >= 15 is 0 Å². The Kier molecular flexibility index (Phi) is 39.3. The molecule has 0 aromatic carbocycles. The maximum atomic E-state index is 12.8. The van der Waals surface area contributed by atoms with Gasteiger partial charge in [0.1, 0.15) is 13.2 Å². The van der Waals surface area contributed by atoms with Gasteiger partial charge in [-0.05, 0) is 57.8 Å². The van der Waals surface area contributed by atoms with Crippen LogP contribution in [0.1, 0.15) is 194 Å². The normalized spacial score (nSPS) is 14.8. The quantitative estimate of drug-likeness (QED) is 0.0245. The van der Waals surface area contributed by atoms with E-state index in [0.717, 1.165) is 70.6 Å². The SMILES string of the molecule is CC/C=C\C/C=C\C/C=C\C/C=C\C/C=C\CCCCCCCCCCCCCCCC(=O)NC(COP(=O)(O)OCC[N+](C)(C)C)C(O)CCCCCCCCC. The van der Waals surface area contributed by atoms with Crippen LogP contribution in [-0.2, 0) is 18.4 Å². The van der Waals surface area contributed by atoms with Gasteiger partial charge in [0.05, 0.1) is 39.9 Å². The highest BCUT2D eigenvalue weighted by Crippen LogP contribution is 2.43. The number of phosphoric ester groups is 1. The first-order valence-corrected chi connectivity index (χ1v) is 25.1. The van der Waals surface area contributed by atoms with Gasteiger partial charge in [-0.2, -0.15) is 0 Å². The molecular weight excluding hydrogens is 744 g/mol. The summed E-state index contributed by atoms with van der Waals surface area (Å²) in [5.74, 6) is -0.153. The Hall–Kier alpha value is -1.80. The molecule has 0 rings (SSSR count). The molecule has 0 bridgehead atoms. The van der Waals surface area contributed by atoms with Gasteiger partial charge < -0.3 is 19.8 Å². The lowest BCUT2D eigenvalue weighted by Gasteiger charge is -2.26. The van der Waals surface area contributed by atoms with E-state index < -0.39 is 20.0 Å². The second-order valence-electron chi connectivity index (χ2n) is 17.1. The second-order valence-corrected chi connectivity index (χ2v) is 18.6. The minimum absolute atomic E-state index is 0.0722. The Morgan fingerprint density at radius 1 is 0.603 bits per heavy atom. The average Bonchev–Trinajstić information content (AvgIpc) is 3.17. The molecule has 8 nitrogen and oxygen atoms in total. The number of likely N-dealkylation sites (N-methyl/N-ethyl adjacent to an activating group) is 1. The summed E-state index contributed by atoms with van der Waals surface area (Å²) < 4.78 is 23.5. The molecular formula is C49H92N2O6P+. The fourth-order valence-electron chi connectivity index (χ4n) is 6.54. The molecule has 0 saturated carbocycles. The summed E-state index contributed by atoms with van der Waals surface area (Å²) in [6.45, 7) is 4.71. The standard InChI is InChI=1S/C49H91N2O6P/c1-6-8-10-12-14-15-16-17-18-19-20-21-22-23-24-25-26-27-28-29-30-31-32-33-34-35-37-39-41-43-49(53)50-47(48(52)42-40-38-36-13-11-9-7-2)46-57-58(54,55)56-45-44-51(3,4)5/h8,10,14-15,17-18,20-21,23-24,47-48,52H,6-7,9,11-13,16,19,22,25-46H2,1-5H3,(H-,50,53,54,55)/p+1/b10-8-,15-14-,18-17-,21-20-,24-23-. The number of hydrogen-bond donors (Lipinski definition) is 3. The number of phosphoric acid groups is 1. The number of allylic oxidation sites excluding steroid dienone is 10. The van der Waals surface area contributed by atoms with Crippen LogP contribution in [0.3, 0.4) is 0 Å². The molecule has 0 aliphatic heterocycles. The van der Waals surface area contributed by atoms with Crippen LogP contribution in [0.2, 0.25) is 0 Å². The monoisotopic (exact) mass is 836 g/mol. The van der Waals surface area contributed by atoms with Gasteiger partial charge in [0.15, 0.2) is 0 Å². The van der Waals surface area contributed by atoms with Crippen molar-refractivity contribution in [3.8, 4) is 0 Å².